The maximum absolute atomic E-state index is 10.5. The third-order valence-corrected chi connectivity index (χ3v) is 3.49. The van der Waals surface area contributed by atoms with Crippen LogP contribution in [-0.2, 0) is 4.79 Å². The van der Waals surface area contributed by atoms with Crippen LogP contribution in [0.4, 0.5) is 0 Å². The molecule has 0 aromatic carbocycles. The Morgan fingerprint density at radius 2 is 2.31 bits per heavy atom. The van der Waals surface area contributed by atoms with Crippen LogP contribution in [-0.4, -0.2) is 11.1 Å². The first-order valence-corrected chi connectivity index (χ1v) is 5.17. The lowest BCUT2D eigenvalue weighted by Crippen LogP contribution is -1.94. The molecule has 2 nitrogen and oxygen atoms in total. The molecule has 1 N–H and O–H groups in total. The largest absolute Gasteiger partial charge is 0.478 e. The average Bonchev–Trinajstić information content (AvgIpc) is 2.31. The highest BCUT2D eigenvalue weighted by Gasteiger charge is 2.03. The van der Waals surface area contributed by atoms with Gasteiger partial charge in [0, 0.05) is 15.1 Å². The van der Waals surface area contributed by atoms with Gasteiger partial charge in [-0.25, -0.2) is 4.79 Å². The number of aliphatic carboxylic acids is 1. The van der Waals surface area contributed by atoms with Crippen LogP contribution in [0.3, 0.4) is 0 Å². The Kier molecular flexibility index (Phi) is 3.23. The molecule has 4 heteroatoms. The molecule has 1 atom stereocenters. The van der Waals surface area contributed by atoms with E-state index in [4.69, 9.17) is 5.11 Å². The number of hydrogen-bond donors (Lipinski definition) is 1. The van der Waals surface area contributed by atoms with Gasteiger partial charge >= 0.3 is 5.97 Å². The number of carboxylic acid groups (broad SMARTS) is 1. The Bertz CT molecular complexity index is 346. The summed E-state index contributed by atoms with van der Waals surface area (Å²) in [5, 5.41) is 8.65. The molecule has 70 valence electrons. The van der Waals surface area contributed by atoms with E-state index >= 15 is 0 Å². The summed E-state index contributed by atoms with van der Waals surface area (Å²) in [5.41, 5.74) is 1.55. The molecular formula is C9H11O2PS. The zero-order valence-electron chi connectivity index (χ0n) is 7.50. The van der Waals surface area contributed by atoms with Gasteiger partial charge in [-0.2, -0.15) is 0 Å². The summed E-state index contributed by atoms with van der Waals surface area (Å²) in [6.45, 7) is 3.60. The Morgan fingerprint density at radius 1 is 1.69 bits per heavy atom. The number of aryl methyl sites for hydroxylation is 1. The van der Waals surface area contributed by atoms with Crippen molar-refractivity contribution >= 4 is 37.2 Å². The minimum atomic E-state index is -0.864. The van der Waals surface area contributed by atoms with Gasteiger partial charge < -0.3 is 5.11 Å². The fraction of sp³-hybridized carbons (Fsp3) is 0.222. The topological polar surface area (TPSA) is 37.3 Å². The molecule has 0 aliphatic rings. The number of hydrogen-bond acceptors (Lipinski definition) is 2. The van der Waals surface area contributed by atoms with Crippen LogP contribution in [0.5, 0.6) is 0 Å². The molecule has 0 aliphatic heterocycles. The molecule has 1 rings (SSSR count). The van der Waals surface area contributed by atoms with Crippen molar-refractivity contribution in [3.63, 3.8) is 0 Å². The molecule has 0 saturated heterocycles. The van der Waals surface area contributed by atoms with Gasteiger partial charge in [0.2, 0.25) is 0 Å². The zero-order chi connectivity index (χ0) is 10.0. The summed E-state index contributed by atoms with van der Waals surface area (Å²) < 4.78 is 1.16. The normalized spacial score (nSPS) is 11.8. The molecule has 13 heavy (non-hydrogen) atoms. The quantitative estimate of drug-likeness (QED) is 0.604. The van der Waals surface area contributed by atoms with E-state index in [1.807, 2.05) is 13.0 Å². The Hall–Kier alpha value is -0.660. The van der Waals surface area contributed by atoms with Crippen LogP contribution in [0.15, 0.2) is 11.6 Å². The van der Waals surface area contributed by atoms with E-state index < -0.39 is 5.97 Å². The number of carboxylic acids is 1. The van der Waals surface area contributed by atoms with E-state index in [0.717, 1.165) is 9.50 Å². The molecule has 0 saturated carbocycles. The van der Waals surface area contributed by atoms with Gasteiger partial charge in [-0.3, -0.25) is 0 Å². The smallest absolute Gasteiger partial charge is 0.331 e. The van der Waals surface area contributed by atoms with Gasteiger partial charge in [0.25, 0.3) is 0 Å². The van der Waals surface area contributed by atoms with Crippen LogP contribution in [0.25, 0.3) is 6.08 Å². The first-order chi connectivity index (χ1) is 6.00. The summed E-state index contributed by atoms with van der Waals surface area (Å²) in [5.74, 6) is -0.864. The molecule has 1 unspecified atom stereocenters. The average molecular weight is 214 g/mol. The lowest BCUT2D eigenvalue weighted by molar-refractivity contribution is -0.132. The fourth-order valence-electron chi connectivity index (χ4n) is 0.868. The van der Waals surface area contributed by atoms with Gasteiger partial charge in [0.15, 0.2) is 0 Å². The van der Waals surface area contributed by atoms with Crippen LogP contribution in [0.1, 0.15) is 17.4 Å². The molecule has 0 aliphatic carbocycles. The third kappa shape index (κ3) is 2.64. The van der Waals surface area contributed by atoms with E-state index in [9.17, 15) is 4.79 Å². The predicted molar refractivity (Wildman–Crippen MR) is 59.7 cm³/mol. The highest BCUT2D eigenvalue weighted by molar-refractivity contribution is 7.43. The molecule has 1 aromatic heterocycles. The second-order valence-electron chi connectivity index (χ2n) is 2.83. The molecule has 1 aromatic rings. The van der Waals surface area contributed by atoms with Crippen molar-refractivity contribution in [2.45, 2.75) is 13.8 Å². The molecule has 0 fully saturated rings. The number of thiophene rings is 1. The first kappa shape index (κ1) is 10.4. The van der Waals surface area contributed by atoms with Crippen LogP contribution < -0.4 is 4.62 Å². The maximum atomic E-state index is 10.5. The number of carbonyl (C=O) groups is 1. The Balaban J connectivity index is 2.98. The van der Waals surface area contributed by atoms with Crippen molar-refractivity contribution in [2.24, 2.45) is 0 Å². The fourth-order valence-corrected chi connectivity index (χ4v) is 2.30. The van der Waals surface area contributed by atoms with Crippen molar-refractivity contribution in [2.75, 3.05) is 0 Å². The number of rotatable bonds is 2. The van der Waals surface area contributed by atoms with Crippen molar-refractivity contribution in [3.8, 4) is 0 Å². The van der Waals surface area contributed by atoms with E-state index in [2.05, 4.69) is 9.24 Å². The molecular weight excluding hydrogens is 203 g/mol. The first-order valence-electron chi connectivity index (χ1n) is 3.78. The van der Waals surface area contributed by atoms with Crippen LogP contribution >= 0.6 is 20.6 Å². The van der Waals surface area contributed by atoms with E-state index in [0.29, 0.717) is 5.57 Å². The summed E-state index contributed by atoms with van der Waals surface area (Å²) in [7, 11) is 2.64. The Morgan fingerprint density at radius 3 is 2.69 bits per heavy atom. The molecule has 1 heterocycles. The van der Waals surface area contributed by atoms with Crippen molar-refractivity contribution in [3.05, 3.63) is 22.1 Å². The Labute approximate surface area is 83.5 Å². The predicted octanol–water partition coefficient (Wildman–Crippen LogP) is 2.04. The van der Waals surface area contributed by atoms with Gasteiger partial charge in [-0.15, -0.1) is 11.3 Å². The monoisotopic (exact) mass is 214 g/mol. The van der Waals surface area contributed by atoms with E-state index in [1.165, 1.54) is 5.56 Å². The van der Waals surface area contributed by atoms with Crippen molar-refractivity contribution < 1.29 is 9.90 Å². The van der Waals surface area contributed by atoms with Crippen LogP contribution in [0, 0.1) is 6.92 Å². The van der Waals surface area contributed by atoms with E-state index in [-0.39, 0.29) is 0 Å². The minimum absolute atomic E-state index is 0.367. The molecule has 0 radical (unpaired) electrons. The van der Waals surface area contributed by atoms with Crippen molar-refractivity contribution in [1.82, 2.24) is 0 Å². The maximum Gasteiger partial charge on any atom is 0.331 e. The van der Waals surface area contributed by atoms with Gasteiger partial charge in [-0.05, 0) is 31.6 Å². The molecule has 0 bridgehead atoms. The summed E-state index contributed by atoms with van der Waals surface area (Å²) >= 11 is 1.58. The second kappa shape index (κ2) is 4.03. The zero-order valence-corrected chi connectivity index (χ0v) is 9.47. The summed E-state index contributed by atoms with van der Waals surface area (Å²) in [6.07, 6.45) is 1.69. The highest BCUT2D eigenvalue weighted by Crippen LogP contribution is 2.17. The molecule has 0 amide bonds. The van der Waals surface area contributed by atoms with Gasteiger partial charge in [-0.1, -0.05) is 9.24 Å². The second-order valence-corrected chi connectivity index (χ2v) is 4.94. The standard InChI is InChI=1S/C9H11O2PS/c1-5(8(10)11)3-7-4-6(2)9(12)13-7/h3-4H,12H2,1-2H3,(H,10,11)/b5-3+. The highest BCUT2D eigenvalue weighted by atomic mass is 32.1. The summed E-state index contributed by atoms with van der Waals surface area (Å²) in [6, 6.07) is 1.99. The molecule has 0 spiro atoms. The van der Waals surface area contributed by atoms with Gasteiger partial charge in [0.1, 0.15) is 0 Å². The van der Waals surface area contributed by atoms with Gasteiger partial charge in [0.05, 0.1) is 0 Å². The minimum Gasteiger partial charge on any atom is -0.478 e. The third-order valence-electron chi connectivity index (χ3n) is 1.67. The van der Waals surface area contributed by atoms with Crippen molar-refractivity contribution in [1.29, 1.82) is 0 Å². The SMILES string of the molecule is C/C(=C\c1cc(C)c(P)s1)C(=O)O. The van der Waals surface area contributed by atoms with Crippen LogP contribution in [0.2, 0.25) is 0 Å². The lowest BCUT2D eigenvalue weighted by atomic mass is 10.2. The lowest BCUT2D eigenvalue weighted by Gasteiger charge is -1.89. The van der Waals surface area contributed by atoms with E-state index in [1.54, 1.807) is 24.3 Å². The summed E-state index contributed by atoms with van der Waals surface area (Å²) in [4.78, 5) is 11.5.